The van der Waals surface area contributed by atoms with E-state index >= 15 is 0 Å². The van der Waals surface area contributed by atoms with E-state index in [4.69, 9.17) is 18.1 Å². The maximum Gasteiger partial charge on any atom is 0.618 e. The van der Waals surface area contributed by atoms with Gasteiger partial charge in [0.05, 0.1) is 0 Å². The van der Waals surface area contributed by atoms with Crippen molar-refractivity contribution in [1.82, 2.24) is 0 Å². The highest BCUT2D eigenvalue weighted by molar-refractivity contribution is 7.22. The molecule has 0 nitrogen and oxygen atoms in total. The van der Waals surface area contributed by atoms with Crippen LogP contribution < -0.4 is 0 Å². The molecule has 4 heteroatoms. The van der Waals surface area contributed by atoms with Crippen LogP contribution in [0.5, 0.6) is 0 Å². The van der Waals surface area contributed by atoms with Gasteiger partial charge >= 0.3 is 18.2 Å². The molecule has 0 aliphatic heterocycles. The summed E-state index contributed by atoms with van der Waals surface area (Å²) in [7, 11) is 9.81. The molecule has 0 rings (SSSR count). The summed E-state index contributed by atoms with van der Waals surface area (Å²) in [5.41, 5.74) is 0. The van der Waals surface area contributed by atoms with Crippen LogP contribution in [0, 0.1) is 6.92 Å². The van der Waals surface area contributed by atoms with Crippen molar-refractivity contribution in [1.29, 1.82) is 0 Å². The van der Waals surface area contributed by atoms with Gasteiger partial charge in [-0.2, -0.15) is 0 Å². The molecule has 0 aliphatic carbocycles. The molecule has 0 heterocycles. The minimum absolute atomic E-state index is 0. The molecule has 0 spiro atoms. The molecular formula is C2H8AlCl2Mg. The van der Waals surface area contributed by atoms with E-state index in [1.807, 2.05) is 0 Å². The third kappa shape index (κ3) is 39.6. The van der Waals surface area contributed by atoms with Crippen LogP contribution in [0.4, 0.5) is 0 Å². The highest BCUT2D eigenvalue weighted by atomic mass is 35.6. The zero-order valence-electron chi connectivity index (χ0n) is 3.17. The van der Waals surface area contributed by atoms with Crippen LogP contribution in [0.1, 0.15) is 6.92 Å². The molecule has 0 aromatic rings. The molecule has 35 valence electrons. The van der Waals surface area contributed by atoms with Crippen molar-refractivity contribution in [3.05, 3.63) is 6.92 Å². The Morgan fingerprint density at radius 1 is 1.33 bits per heavy atom. The largest absolute Gasteiger partial charge is 0.618 e. The quantitative estimate of drug-likeness (QED) is 0.450. The van der Waals surface area contributed by atoms with E-state index in [9.17, 15) is 0 Å². The first-order valence-corrected chi connectivity index (χ1v) is 5.52. The van der Waals surface area contributed by atoms with Crippen LogP contribution >= 0.6 is 18.1 Å². The molecule has 0 atom stereocenters. The normalized spacial score (nSPS) is 2.67. The maximum absolute atomic E-state index is 4.90. The molecule has 0 aliphatic rings. The fourth-order valence-electron chi connectivity index (χ4n) is 0. The number of hydrogen-bond donors (Lipinski definition) is 0. The van der Waals surface area contributed by atoms with E-state index < -0.39 is 18.2 Å². The predicted molar refractivity (Wildman–Crippen MR) is 38.4 cm³/mol. The Labute approximate surface area is 67.0 Å². The van der Waals surface area contributed by atoms with Crippen LogP contribution in [0.25, 0.3) is 0 Å². The first-order chi connectivity index (χ1) is 2.41. The molecule has 0 aromatic carbocycles. The summed E-state index contributed by atoms with van der Waals surface area (Å²) < 4.78 is 0. The average molecular weight is 154 g/mol. The van der Waals surface area contributed by atoms with Crippen molar-refractivity contribution in [2.24, 2.45) is 0 Å². The highest BCUT2D eigenvalue weighted by Crippen LogP contribution is 1.67. The minimum Gasteiger partial charge on any atom is -0.309 e. The van der Waals surface area contributed by atoms with Crippen molar-refractivity contribution in [3.8, 4) is 0 Å². The van der Waals surface area contributed by atoms with E-state index in [2.05, 4.69) is 6.92 Å². The number of rotatable bonds is 0. The van der Waals surface area contributed by atoms with Gasteiger partial charge in [0.25, 0.3) is 0 Å². The lowest BCUT2D eigenvalue weighted by Gasteiger charge is -1.33. The van der Waals surface area contributed by atoms with E-state index in [-0.39, 0.29) is 17.4 Å². The summed E-state index contributed by atoms with van der Waals surface area (Å²) in [6.45, 7) is 5.00. The van der Waals surface area contributed by atoms with Crippen LogP contribution in [0.3, 0.4) is 0 Å². The second-order valence-electron chi connectivity index (χ2n) is 0.101. The lowest BCUT2D eigenvalue weighted by atomic mass is 11.0. The van der Waals surface area contributed by atoms with E-state index in [1.54, 1.807) is 6.92 Å². The third-order valence-electron chi connectivity index (χ3n) is 0. The van der Waals surface area contributed by atoms with E-state index in [1.165, 1.54) is 0 Å². The SMILES string of the molecule is [AlH3].[CH2]C.[Cl][Mg][Cl]. The Hall–Kier alpha value is 1.88. The van der Waals surface area contributed by atoms with Gasteiger partial charge in [-0.1, -0.05) is 13.8 Å². The van der Waals surface area contributed by atoms with Crippen LogP contribution in [-0.4, -0.2) is 35.5 Å². The molecule has 0 amide bonds. The first kappa shape index (κ1) is 15.7. The molecule has 0 aromatic heterocycles. The van der Waals surface area contributed by atoms with Crippen LogP contribution in [0.2, 0.25) is 0 Å². The van der Waals surface area contributed by atoms with Crippen molar-refractivity contribution in [3.63, 3.8) is 0 Å². The Bertz CT molecular complexity index is 11.5. The van der Waals surface area contributed by atoms with Crippen molar-refractivity contribution < 1.29 is 0 Å². The zero-order valence-corrected chi connectivity index (χ0v) is 6.10. The minimum atomic E-state index is -0.639. The Morgan fingerprint density at radius 3 is 1.33 bits per heavy atom. The lowest BCUT2D eigenvalue weighted by molar-refractivity contribution is 1.81. The summed E-state index contributed by atoms with van der Waals surface area (Å²) in [6, 6.07) is 0. The van der Waals surface area contributed by atoms with Gasteiger partial charge in [-0.3, -0.25) is 0 Å². The van der Waals surface area contributed by atoms with Crippen molar-refractivity contribution >= 4 is 53.7 Å². The molecular weight excluding hydrogens is 146 g/mol. The van der Waals surface area contributed by atoms with Gasteiger partial charge in [-0.25, -0.2) is 0 Å². The lowest BCUT2D eigenvalue weighted by Crippen LogP contribution is -1.36. The van der Waals surface area contributed by atoms with Gasteiger partial charge in [-0.05, 0) is 0 Å². The molecule has 0 N–H and O–H groups in total. The summed E-state index contributed by atoms with van der Waals surface area (Å²) in [5, 5.41) is 0. The van der Waals surface area contributed by atoms with Gasteiger partial charge in [-0.15, -0.1) is 0 Å². The number of halogens is 2. The Balaban J connectivity index is -0.0000000275. The fraction of sp³-hybridized carbons (Fsp3) is 0.500. The molecule has 0 saturated heterocycles. The topological polar surface area (TPSA) is 0 Å². The monoisotopic (exact) mass is 153 g/mol. The summed E-state index contributed by atoms with van der Waals surface area (Å²) in [5.74, 6) is 0. The summed E-state index contributed by atoms with van der Waals surface area (Å²) in [4.78, 5) is 0. The average Bonchev–Trinajstić information content (AvgIpc) is 1.46. The van der Waals surface area contributed by atoms with Crippen LogP contribution in [-0.2, 0) is 0 Å². The standard InChI is InChI=1S/C2H5.Al.2ClH.Mg.3H/c1-2;;;;;;;/h1H2,2H3;;2*1H;;;;/q;;;;+2;;;/p-2. The smallest absolute Gasteiger partial charge is 0.309 e. The van der Waals surface area contributed by atoms with Gasteiger partial charge in [0.2, 0.25) is 0 Å². The van der Waals surface area contributed by atoms with Gasteiger partial charge in [0.1, 0.15) is 0 Å². The fourth-order valence-corrected chi connectivity index (χ4v) is 0. The van der Waals surface area contributed by atoms with Gasteiger partial charge in [0.15, 0.2) is 17.4 Å². The molecule has 0 bridgehead atoms. The zero-order chi connectivity index (χ0) is 4.71. The second kappa shape index (κ2) is 28.7. The van der Waals surface area contributed by atoms with Crippen LogP contribution in [0.15, 0.2) is 0 Å². The summed E-state index contributed by atoms with van der Waals surface area (Å²) >= 11 is -0.639. The Kier molecular flexibility index (Phi) is 74.9. The molecule has 1 radical (unpaired) electrons. The Morgan fingerprint density at radius 2 is 1.33 bits per heavy atom. The van der Waals surface area contributed by atoms with E-state index in [0.29, 0.717) is 0 Å². The highest BCUT2D eigenvalue weighted by Gasteiger charge is 1.64. The molecule has 0 saturated carbocycles. The maximum atomic E-state index is 4.90. The molecule has 6 heavy (non-hydrogen) atoms. The second-order valence-corrected chi connectivity index (χ2v) is 2.73. The van der Waals surface area contributed by atoms with Crippen molar-refractivity contribution in [2.75, 3.05) is 0 Å². The molecule has 0 unspecified atom stereocenters. The number of hydrogen-bond acceptors (Lipinski definition) is 0. The van der Waals surface area contributed by atoms with Gasteiger partial charge in [0, 0.05) is 0 Å². The van der Waals surface area contributed by atoms with Crippen molar-refractivity contribution in [2.45, 2.75) is 6.92 Å². The first-order valence-electron chi connectivity index (χ1n) is 1.24. The summed E-state index contributed by atoms with van der Waals surface area (Å²) in [6.07, 6.45) is 0. The van der Waals surface area contributed by atoms with E-state index in [0.717, 1.165) is 0 Å². The predicted octanol–water partition coefficient (Wildman–Crippen LogP) is 0.655. The van der Waals surface area contributed by atoms with Gasteiger partial charge < -0.3 is 18.1 Å². The molecule has 0 fully saturated rings. The third-order valence-corrected chi connectivity index (χ3v) is 0.